The molecule has 0 aliphatic heterocycles. The van der Waals surface area contributed by atoms with Gasteiger partial charge in [-0.15, -0.1) is 0 Å². The third-order valence-corrected chi connectivity index (χ3v) is 4.68. The van der Waals surface area contributed by atoms with Gasteiger partial charge in [0.25, 0.3) is 5.69 Å². The van der Waals surface area contributed by atoms with E-state index in [0.717, 1.165) is 30.1 Å². The van der Waals surface area contributed by atoms with Crippen LogP contribution in [-0.4, -0.2) is 24.6 Å². The molecule has 0 aliphatic carbocycles. The molecule has 0 heterocycles. The number of anilines is 1. The minimum atomic E-state index is -0.442. The standard InChI is InChI=1S/C24H24N4O3/c1-3-19-5-15-24(16-6-19)31-18-17-27(4-2)22-11-7-20(8-12-22)25-26-21-9-13-23(14-10-21)28(29)30/h3,5-16H,1,4,17-18H2,2H3. The molecule has 0 saturated carbocycles. The Morgan fingerprint density at radius 3 is 2.06 bits per heavy atom. The van der Waals surface area contributed by atoms with Gasteiger partial charge in [0.05, 0.1) is 22.8 Å². The minimum Gasteiger partial charge on any atom is -0.492 e. The van der Waals surface area contributed by atoms with Crippen LogP contribution in [-0.2, 0) is 0 Å². The number of nitro groups is 1. The zero-order valence-electron chi connectivity index (χ0n) is 17.3. The number of hydrogen-bond acceptors (Lipinski definition) is 6. The summed E-state index contributed by atoms with van der Waals surface area (Å²) in [5, 5.41) is 19.0. The van der Waals surface area contributed by atoms with E-state index in [0.29, 0.717) is 18.0 Å². The Morgan fingerprint density at radius 1 is 0.968 bits per heavy atom. The number of nitro benzene ring substituents is 1. The lowest BCUT2D eigenvalue weighted by Gasteiger charge is -2.23. The van der Waals surface area contributed by atoms with E-state index in [1.807, 2.05) is 48.5 Å². The largest absolute Gasteiger partial charge is 0.492 e. The molecule has 7 heteroatoms. The quantitative estimate of drug-likeness (QED) is 0.213. The first-order chi connectivity index (χ1) is 15.1. The molecule has 0 bridgehead atoms. The highest BCUT2D eigenvalue weighted by molar-refractivity contribution is 5.53. The zero-order valence-corrected chi connectivity index (χ0v) is 17.3. The smallest absolute Gasteiger partial charge is 0.269 e. The minimum absolute atomic E-state index is 0.0284. The fourth-order valence-electron chi connectivity index (χ4n) is 2.93. The average molecular weight is 416 g/mol. The molecule has 0 aliphatic rings. The van der Waals surface area contributed by atoms with Gasteiger partial charge in [-0.05, 0) is 61.0 Å². The Balaban J connectivity index is 1.55. The Morgan fingerprint density at radius 2 is 1.55 bits per heavy atom. The summed E-state index contributed by atoms with van der Waals surface area (Å²) < 4.78 is 5.84. The second-order valence-electron chi connectivity index (χ2n) is 6.69. The van der Waals surface area contributed by atoms with E-state index in [1.165, 1.54) is 12.1 Å². The second-order valence-corrected chi connectivity index (χ2v) is 6.69. The number of likely N-dealkylation sites (N-methyl/N-ethyl adjacent to an activating group) is 1. The highest BCUT2D eigenvalue weighted by atomic mass is 16.6. The number of nitrogens with zero attached hydrogens (tertiary/aromatic N) is 4. The van der Waals surface area contributed by atoms with Crippen molar-refractivity contribution >= 4 is 28.8 Å². The molecule has 158 valence electrons. The molecule has 0 spiro atoms. The van der Waals surface area contributed by atoms with E-state index in [2.05, 4.69) is 28.6 Å². The molecule has 0 amide bonds. The Labute approximate surface area is 181 Å². The number of rotatable bonds is 10. The van der Waals surface area contributed by atoms with Crippen LogP contribution in [0.2, 0.25) is 0 Å². The van der Waals surface area contributed by atoms with Crippen LogP contribution in [0.1, 0.15) is 12.5 Å². The topological polar surface area (TPSA) is 80.3 Å². The van der Waals surface area contributed by atoms with E-state index in [9.17, 15) is 10.1 Å². The predicted octanol–water partition coefficient (Wildman–Crippen LogP) is 6.56. The van der Waals surface area contributed by atoms with Gasteiger partial charge < -0.3 is 9.64 Å². The summed E-state index contributed by atoms with van der Waals surface area (Å²) in [6, 6.07) is 21.6. The molecule has 0 radical (unpaired) electrons. The predicted molar refractivity (Wildman–Crippen MR) is 124 cm³/mol. The lowest BCUT2D eigenvalue weighted by Crippen LogP contribution is -2.27. The van der Waals surface area contributed by atoms with Crippen LogP contribution < -0.4 is 9.64 Å². The maximum absolute atomic E-state index is 10.7. The van der Waals surface area contributed by atoms with E-state index in [1.54, 1.807) is 18.2 Å². The first kappa shape index (κ1) is 21.7. The number of non-ortho nitro benzene ring substituents is 1. The Hall–Kier alpha value is -4.00. The van der Waals surface area contributed by atoms with Crippen molar-refractivity contribution in [3.8, 4) is 5.75 Å². The van der Waals surface area contributed by atoms with Crippen LogP contribution in [0.3, 0.4) is 0 Å². The van der Waals surface area contributed by atoms with Crippen LogP contribution in [0, 0.1) is 10.1 Å². The first-order valence-corrected chi connectivity index (χ1v) is 9.95. The van der Waals surface area contributed by atoms with Crippen LogP contribution in [0.15, 0.2) is 89.6 Å². The van der Waals surface area contributed by atoms with Crippen molar-refractivity contribution in [1.29, 1.82) is 0 Å². The summed E-state index contributed by atoms with van der Waals surface area (Å²) in [6.07, 6.45) is 1.80. The number of azo groups is 1. The summed E-state index contributed by atoms with van der Waals surface area (Å²) >= 11 is 0. The van der Waals surface area contributed by atoms with Crippen molar-refractivity contribution in [1.82, 2.24) is 0 Å². The maximum atomic E-state index is 10.7. The molecule has 3 aromatic carbocycles. The van der Waals surface area contributed by atoms with Gasteiger partial charge in [0.15, 0.2) is 0 Å². The number of benzene rings is 3. The monoisotopic (exact) mass is 416 g/mol. The molecule has 3 rings (SSSR count). The normalized spacial score (nSPS) is 10.7. The summed E-state index contributed by atoms with van der Waals surface area (Å²) in [7, 11) is 0. The molecule has 31 heavy (non-hydrogen) atoms. The van der Waals surface area contributed by atoms with Crippen molar-refractivity contribution in [2.45, 2.75) is 6.92 Å². The van der Waals surface area contributed by atoms with Crippen molar-refractivity contribution in [2.75, 3.05) is 24.6 Å². The fourth-order valence-corrected chi connectivity index (χ4v) is 2.93. The lowest BCUT2D eigenvalue weighted by atomic mass is 10.2. The zero-order chi connectivity index (χ0) is 22.1. The van der Waals surface area contributed by atoms with Gasteiger partial charge in [-0.25, -0.2) is 0 Å². The Kier molecular flexibility index (Phi) is 7.48. The van der Waals surface area contributed by atoms with E-state index < -0.39 is 4.92 Å². The SMILES string of the molecule is C=Cc1ccc(OCCN(CC)c2ccc(N=Nc3ccc([N+](=O)[O-])cc3)cc2)cc1. The van der Waals surface area contributed by atoms with Crippen molar-refractivity contribution < 1.29 is 9.66 Å². The molecule has 0 saturated heterocycles. The van der Waals surface area contributed by atoms with Gasteiger partial charge in [-0.2, -0.15) is 10.2 Å². The van der Waals surface area contributed by atoms with Crippen LogP contribution >= 0.6 is 0 Å². The summed E-state index contributed by atoms with van der Waals surface area (Å²) in [6.45, 7) is 8.02. The fraction of sp³-hybridized carbons (Fsp3) is 0.167. The van der Waals surface area contributed by atoms with Crippen LogP contribution in [0.5, 0.6) is 5.75 Å². The molecule has 3 aromatic rings. The summed E-state index contributed by atoms with van der Waals surface area (Å²) in [5.41, 5.74) is 3.43. The van der Waals surface area contributed by atoms with Gasteiger partial charge in [0.1, 0.15) is 12.4 Å². The number of hydrogen-bond donors (Lipinski definition) is 0. The van der Waals surface area contributed by atoms with Crippen molar-refractivity contribution in [3.63, 3.8) is 0 Å². The average Bonchev–Trinajstić information content (AvgIpc) is 2.81. The highest BCUT2D eigenvalue weighted by Gasteiger charge is 2.06. The van der Waals surface area contributed by atoms with Crippen molar-refractivity contribution in [3.05, 3.63) is 95.1 Å². The lowest BCUT2D eigenvalue weighted by molar-refractivity contribution is -0.384. The molecule has 7 nitrogen and oxygen atoms in total. The van der Waals surface area contributed by atoms with Gasteiger partial charge >= 0.3 is 0 Å². The molecular formula is C24H24N4O3. The first-order valence-electron chi connectivity index (χ1n) is 9.95. The van der Waals surface area contributed by atoms with Gasteiger partial charge in [0.2, 0.25) is 0 Å². The maximum Gasteiger partial charge on any atom is 0.269 e. The van der Waals surface area contributed by atoms with Gasteiger partial charge in [-0.1, -0.05) is 24.8 Å². The van der Waals surface area contributed by atoms with E-state index in [4.69, 9.17) is 4.74 Å². The second kappa shape index (κ2) is 10.7. The highest BCUT2D eigenvalue weighted by Crippen LogP contribution is 2.23. The number of ether oxygens (including phenoxy) is 1. The van der Waals surface area contributed by atoms with Gasteiger partial charge in [-0.3, -0.25) is 10.1 Å². The van der Waals surface area contributed by atoms with Crippen LogP contribution in [0.4, 0.5) is 22.7 Å². The summed E-state index contributed by atoms with van der Waals surface area (Å²) in [5.74, 6) is 0.837. The molecule has 0 aromatic heterocycles. The molecule has 0 fully saturated rings. The molecular weight excluding hydrogens is 392 g/mol. The van der Waals surface area contributed by atoms with Crippen molar-refractivity contribution in [2.24, 2.45) is 10.2 Å². The Bertz CT molecular complexity index is 1030. The van der Waals surface area contributed by atoms with E-state index in [-0.39, 0.29) is 5.69 Å². The molecule has 0 unspecified atom stereocenters. The molecule has 0 atom stereocenters. The summed E-state index contributed by atoms with van der Waals surface area (Å²) in [4.78, 5) is 12.5. The third kappa shape index (κ3) is 6.24. The molecule has 0 N–H and O–H groups in total. The van der Waals surface area contributed by atoms with Gasteiger partial charge in [0, 0.05) is 24.4 Å². The van der Waals surface area contributed by atoms with E-state index >= 15 is 0 Å². The third-order valence-electron chi connectivity index (χ3n) is 4.68. The van der Waals surface area contributed by atoms with Crippen LogP contribution in [0.25, 0.3) is 6.08 Å².